The van der Waals surface area contributed by atoms with Crippen molar-refractivity contribution in [1.29, 1.82) is 0 Å². The minimum absolute atomic E-state index is 0. The number of aryl methyl sites for hydroxylation is 1. The van der Waals surface area contributed by atoms with Gasteiger partial charge in [0.2, 0.25) is 5.91 Å². The number of halogens is 1. The molecule has 10 nitrogen and oxygen atoms in total. The summed E-state index contributed by atoms with van der Waals surface area (Å²) in [6.07, 6.45) is 1.54. The van der Waals surface area contributed by atoms with E-state index in [2.05, 4.69) is 35.1 Å². The third-order valence-corrected chi connectivity index (χ3v) is 9.65. The Balaban J connectivity index is 0.00000504. The number of nitrogens with one attached hydrogen (secondary N) is 1. The second-order valence-corrected chi connectivity index (χ2v) is 14.0. The van der Waals surface area contributed by atoms with Crippen LogP contribution in [0.4, 0.5) is 20.6 Å². The third kappa shape index (κ3) is 8.00. The van der Waals surface area contributed by atoms with Gasteiger partial charge in [0.15, 0.2) is 5.82 Å². The summed E-state index contributed by atoms with van der Waals surface area (Å²) in [5.74, 6) is -1.83. The standard InChI is InChI=1S/C40H46FN5O4.H3N/c1-6-43-32-17-16-31(36(41)37(32)42)35(26(3)38(47)46-30(23-49-39(46)48)19-27-11-8-7-9-12-27)28-15-14-25(2)29(20-28)21-45-22-33-34(13-10-18-44-33)50-40(4,5)24-45;/h7-18,20,26,30,35,43H,6,19,21-24,42H2,1-5H3;1H3/t26-,30-,35+;/m1./s1. The van der Waals surface area contributed by atoms with Crippen LogP contribution in [0.5, 0.6) is 5.75 Å². The van der Waals surface area contributed by atoms with Crippen molar-refractivity contribution in [2.45, 2.75) is 71.7 Å². The number of ether oxygens (including phenoxy) is 2. The number of pyridine rings is 1. The molecular weight excluding hydrogens is 647 g/mol. The van der Waals surface area contributed by atoms with Crippen LogP contribution in [0.15, 0.2) is 79.0 Å². The fourth-order valence-corrected chi connectivity index (χ4v) is 7.24. The van der Waals surface area contributed by atoms with Gasteiger partial charge >= 0.3 is 6.09 Å². The number of rotatable bonds is 10. The lowest BCUT2D eigenvalue weighted by atomic mass is 9.79. The second-order valence-electron chi connectivity index (χ2n) is 14.0. The van der Waals surface area contributed by atoms with Gasteiger partial charge < -0.3 is 26.7 Å². The molecule has 0 aliphatic carbocycles. The molecule has 2 aliphatic rings. The van der Waals surface area contributed by atoms with Crippen molar-refractivity contribution in [3.05, 3.63) is 118 Å². The number of anilines is 2. The Bertz CT molecular complexity index is 1870. The molecule has 0 unspecified atom stereocenters. The first-order chi connectivity index (χ1) is 24.0. The first-order valence-electron chi connectivity index (χ1n) is 17.3. The van der Waals surface area contributed by atoms with Crippen molar-refractivity contribution < 1.29 is 23.5 Å². The van der Waals surface area contributed by atoms with Crippen molar-refractivity contribution in [2.24, 2.45) is 5.92 Å². The summed E-state index contributed by atoms with van der Waals surface area (Å²) in [5.41, 5.74) is 11.3. The molecule has 0 radical (unpaired) electrons. The second kappa shape index (κ2) is 15.5. The zero-order chi connectivity index (χ0) is 35.6. The number of cyclic esters (lactones) is 1. The van der Waals surface area contributed by atoms with Gasteiger partial charge in [0, 0.05) is 44.2 Å². The fraction of sp³-hybridized carbons (Fsp3) is 0.375. The van der Waals surface area contributed by atoms with Crippen molar-refractivity contribution in [2.75, 3.05) is 30.7 Å². The van der Waals surface area contributed by atoms with Crippen LogP contribution < -0.4 is 21.9 Å². The molecule has 0 spiro atoms. The summed E-state index contributed by atoms with van der Waals surface area (Å²) >= 11 is 0. The van der Waals surface area contributed by atoms with Crippen molar-refractivity contribution in [3.8, 4) is 5.75 Å². The monoisotopic (exact) mass is 696 g/mol. The molecule has 51 heavy (non-hydrogen) atoms. The molecule has 1 saturated heterocycles. The van der Waals surface area contributed by atoms with Gasteiger partial charge in [0.1, 0.15) is 18.0 Å². The maximum atomic E-state index is 16.4. The van der Waals surface area contributed by atoms with Crippen molar-refractivity contribution >= 4 is 23.4 Å². The molecule has 2 amide bonds. The number of fused-ring (bicyclic) bond motifs is 1. The molecule has 3 aromatic carbocycles. The van der Waals surface area contributed by atoms with Crippen LogP contribution in [-0.4, -0.2) is 58.1 Å². The van der Waals surface area contributed by atoms with E-state index in [-0.39, 0.29) is 24.0 Å². The summed E-state index contributed by atoms with van der Waals surface area (Å²) in [5, 5.41) is 3.11. The third-order valence-electron chi connectivity index (χ3n) is 9.65. The number of aromatic nitrogens is 1. The zero-order valence-corrected chi connectivity index (χ0v) is 30.1. The Morgan fingerprint density at radius 2 is 1.88 bits per heavy atom. The van der Waals surface area contributed by atoms with Crippen molar-refractivity contribution in [1.82, 2.24) is 20.9 Å². The highest BCUT2D eigenvalue weighted by Crippen LogP contribution is 2.40. The highest BCUT2D eigenvalue weighted by atomic mass is 19.1. The van der Waals surface area contributed by atoms with E-state index in [1.165, 1.54) is 4.90 Å². The summed E-state index contributed by atoms with van der Waals surface area (Å²) in [4.78, 5) is 35.7. The van der Waals surface area contributed by atoms with Crippen LogP contribution in [0.2, 0.25) is 0 Å². The average molecular weight is 697 g/mol. The number of amides is 2. The van der Waals surface area contributed by atoms with E-state index in [0.29, 0.717) is 38.3 Å². The van der Waals surface area contributed by atoms with E-state index < -0.39 is 41.3 Å². The maximum Gasteiger partial charge on any atom is 0.416 e. The molecule has 6 N–H and O–H groups in total. The van der Waals surface area contributed by atoms with E-state index >= 15 is 4.39 Å². The number of benzene rings is 3. The van der Waals surface area contributed by atoms with Gasteiger partial charge in [-0.05, 0) is 80.1 Å². The molecule has 6 rings (SSSR count). The molecule has 3 heterocycles. The quantitative estimate of drug-likeness (QED) is 0.146. The lowest BCUT2D eigenvalue weighted by molar-refractivity contribution is -0.133. The Hall–Kier alpha value is -5.00. The molecule has 1 aromatic heterocycles. The topological polar surface area (TPSA) is 145 Å². The summed E-state index contributed by atoms with van der Waals surface area (Å²) in [6, 6.07) is 22.5. The van der Waals surface area contributed by atoms with Crippen LogP contribution in [0, 0.1) is 18.7 Å². The van der Waals surface area contributed by atoms with Crippen molar-refractivity contribution in [3.63, 3.8) is 0 Å². The smallest absolute Gasteiger partial charge is 0.416 e. The molecule has 0 saturated carbocycles. The maximum absolute atomic E-state index is 16.4. The number of hydrogen-bond acceptors (Lipinski definition) is 9. The molecule has 4 aromatic rings. The lowest BCUT2D eigenvalue weighted by Crippen LogP contribution is -2.44. The van der Waals surface area contributed by atoms with Crippen LogP contribution in [-0.2, 0) is 29.0 Å². The minimum Gasteiger partial charge on any atom is -0.485 e. The normalized spacial score (nSPS) is 18.0. The summed E-state index contributed by atoms with van der Waals surface area (Å²) < 4.78 is 28.1. The summed E-state index contributed by atoms with van der Waals surface area (Å²) in [7, 11) is 0. The molecule has 270 valence electrons. The van der Waals surface area contributed by atoms with Gasteiger partial charge in [-0.1, -0.05) is 61.5 Å². The molecule has 3 atom stereocenters. The number of nitrogen functional groups attached to an aromatic ring is 1. The first kappa shape index (κ1) is 37.3. The number of carbonyl (C=O) groups excluding carboxylic acids is 2. The van der Waals surface area contributed by atoms with E-state index in [9.17, 15) is 9.59 Å². The van der Waals surface area contributed by atoms with Gasteiger partial charge in [-0.3, -0.25) is 14.7 Å². The molecule has 11 heteroatoms. The average Bonchev–Trinajstić information content (AvgIpc) is 3.38. The lowest BCUT2D eigenvalue weighted by Gasteiger charge is -2.31. The Morgan fingerprint density at radius 1 is 1.12 bits per heavy atom. The minimum atomic E-state index is -0.838. The molecule has 0 bridgehead atoms. The van der Waals surface area contributed by atoms with Gasteiger partial charge in [0.05, 0.1) is 23.1 Å². The molecule has 2 aliphatic heterocycles. The summed E-state index contributed by atoms with van der Waals surface area (Å²) in [6.45, 7) is 12.3. The van der Waals surface area contributed by atoms with Crippen LogP contribution >= 0.6 is 0 Å². The van der Waals surface area contributed by atoms with Gasteiger partial charge in [-0.2, -0.15) is 0 Å². The van der Waals surface area contributed by atoms with Gasteiger partial charge in [-0.25, -0.2) is 14.1 Å². The van der Waals surface area contributed by atoms with Crippen LogP contribution in [0.1, 0.15) is 67.1 Å². The first-order valence-corrected chi connectivity index (χ1v) is 17.3. The number of nitrogens with zero attached hydrogens (tertiary/aromatic N) is 3. The SMILES string of the molecule is CCNc1ccc([C@H](c2ccc(C)c(CN3Cc4ncccc4OC(C)(C)C3)c2)[C@@H](C)C(=O)N2C(=O)OC[C@H]2Cc2ccccc2)c(F)c1N.N. The predicted octanol–water partition coefficient (Wildman–Crippen LogP) is 7.24. The van der Waals surface area contributed by atoms with Crippen LogP contribution in [0.25, 0.3) is 0 Å². The van der Waals surface area contributed by atoms with E-state index in [4.69, 9.17) is 15.2 Å². The van der Waals surface area contributed by atoms with Crippen LogP contribution in [0.3, 0.4) is 0 Å². The Labute approximate surface area is 299 Å². The highest BCUT2D eigenvalue weighted by molar-refractivity contribution is 5.95. The van der Waals surface area contributed by atoms with Gasteiger partial charge in [-0.15, -0.1) is 0 Å². The fourth-order valence-electron chi connectivity index (χ4n) is 7.24. The van der Waals surface area contributed by atoms with E-state index in [1.807, 2.05) is 68.4 Å². The van der Waals surface area contributed by atoms with E-state index in [1.54, 1.807) is 25.3 Å². The number of nitrogens with two attached hydrogens (primary N) is 1. The van der Waals surface area contributed by atoms with Gasteiger partial charge in [0.25, 0.3) is 0 Å². The zero-order valence-electron chi connectivity index (χ0n) is 30.1. The Kier molecular flexibility index (Phi) is 11.3. The number of carbonyl (C=O) groups is 2. The number of hydrogen-bond donors (Lipinski definition) is 3. The number of imide groups is 1. The Morgan fingerprint density at radius 3 is 2.63 bits per heavy atom. The van der Waals surface area contributed by atoms with E-state index in [0.717, 1.165) is 33.7 Å². The molecule has 1 fully saturated rings. The predicted molar refractivity (Wildman–Crippen MR) is 197 cm³/mol. The highest BCUT2D eigenvalue weighted by Gasteiger charge is 2.43. The molecular formula is C40H49FN6O4. The largest absolute Gasteiger partial charge is 0.485 e.